The van der Waals surface area contributed by atoms with Crippen LogP contribution in [0.2, 0.25) is 0 Å². The van der Waals surface area contributed by atoms with E-state index in [2.05, 4.69) is 27.8 Å². The van der Waals surface area contributed by atoms with Crippen LogP contribution in [0.15, 0.2) is 36.5 Å². The fourth-order valence-electron chi connectivity index (χ4n) is 3.02. The molecular weight excluding hydrogens is 316 g/mol. The Morgan fingerprint density at radius 1 is 1.32 bits per heavy atom. The molecule has 6 heteroatoms. The monoisotopic (exact) mass is 342 g/mol. The van der Waals surface area contributed by atoms with Gasteiger partial charge in [0.1, 0.15) is 17.4 Å². The summed E-state index contributed by atoms with van der Waals surface area (Å²) in [6.45, 7) is 5.98. The molecule has 25 heavy (non-hydrogen) atoms. The molecule has 2 aromatic rings. The minimum absolute atomic E-state index is 0.0452. The second kappa shape index (κ2) is 8.27. The van der Waals surface area contributed by atoms with Crippen molar-refractivity contribution in [3.8, 4) is 5.75 Å². The number of ether oxygens (including phenoxy) is 2. The van der Waals surface area contributed by atoms with E-state index in [9.17, 15) is 0 Å². The summed E-state index contributed by atoms with van der Waals surface area (Å²) in [7, 11) is 3.75. The molecule has 1 aliphatic rings. The van der Waals surface area contributed by atoms with Crippen molar-refractivity contribution < 1.29 is 9.47 Å². The number of hydrogen-bond acceptors (Lipinski definition) is 6. The SMILES string of the molecule is CCN(C)c1ccnc([C@@H]2COCCN2Cc2ccccc2OC)n1. The molecular formula is C19H26N4O2. The number of methoxy groups -OCH3 is 1. The molecule has 1 aromatic heterocycles. The number of morpholine rings is 1. The Hall–Kier alpha value is -2.18. The van der Waals surface area contributed by atoms with Gasteiger partial charge in [0, 0.05) is 38.4 Å². The Balaban J connectivity index is 1.84. The van der Waals surface area contributed by atoms with Crippen molar-refractivity contribution in [2.45, 2.75) is 19.5 Å². The third-order valence-corrected chi connectivity index (χ3v) is 4.63. The molecule has 0 bridgehead atoms. The van der Waals surface area contributed by atoms with Crippen LogP contribution in [0.3, 0.4) is 0 Å². The largest absolute Gasteiger partial charge is 0.496 e. The normalized spacial score (nSPS) is 18.1. The van der Waals surface area contributed by atoms with Gasteiger partial charge in [-0.1, -0.05) is 18.2 Å². The molecule has 1 fully saturated rings. The fraction of sp³-hybridized carbons (Fsp3) is 0.474. The molecule has 0 amide bonds. The summed E-state index contributed by atoms with van der Waals surface area (Å²) in [5, 5.41) is 0. The first kappa shape index (κ1) is 17.6. The van der Waals surface area contributed by atoms with Gasteiger partial charge in [0.2, 0.25) is 0 Å². The van der Waals surface area contributed by atoms with E-state index < -0.39 is 0 Å². The number of para-hydroxylation sites is 1. The van der Waals surface area contributed by atoms with Gasteiger partial charge in [-0.3, -0.25) is 4.90 Å². The van der Waals surface area contributed by atoms with Crippen LogP contribution < -0.4 is 9.64 Å². The molecule has 3 rings (SSSR count). The van der Waals surface area contributed by atoms with E-state index in [4.69, 9.17) is 14.5 Å². The van der Waals surface area contributed by atoms with Crippen LogP contribution in [0.1, 0.15) is 24.4 Å². The first-order valence-electron chi connectivity index (χ1n) is 8.70. The second-order valence-electron chi connectivity index (χ2n) is 6.16. The van der Waals surface area contributed by atoms with Gasteiger partial charge < -0.3 is 14.4 Å². The maximum Gasteiger partial charge on any atom is 0.150 e. The lowest BCUT2D eigenvalue weighted by atomic mass is 10.1. The Morgan fingerprint density at radius 3 is 2.96 bits per heavy atom. The summed E-state index contributed by atoms with van der Waals surface area (Å²) in [6, 6.07) is 10.1. The van der Waals surface area contributed by atoms with Crippen molar-refractivity contribution >= 4 is 5.82 Å². The zero-order valence-electron chi connectivity index (χ0n) is 15.2. The number of anilines is 1. The summed E-state index contributed by atoms with van der Waals surface area (Å²) >= 11 is 0. The summed E-state index contributed by atoms with van der Waals surface area (Å²) in [6.07, 6.45) is 1.83. The van der Waals surface area contributed by atoms with Gasteiger partial charge in [-0.2, -0.15) is 0 Å². The van der Waals surface area contributed by atoms with Crippen LogP contribution in [0, 0.1) is 0 Å². The van der Waals surface area contributed by atoms with Gasteiger partial charge in [-0.05, 0) is 19.1 Å². The molecule has 6 nitrogen and oxygen atoms in total. The van der Waals surface area contributed by atoms with Gasteiger partial charge >= 0.3 is 0 Å². The Morgan fingerprint density at radius 2 is 2.16 bits per heavy atom. The summed E-state index contributed by atoms with van der Waals surface area (Å²) in [5.74, 6) is 2.66. The third kappa shape index (κ3) is 4.08. The van der Waals surface area contributed by atoms with Crippen molar-refractivity contribution in [1.29, 1.82) is 0 Å². The number of hydrogen-bond donors (Lipinski definition) is 0. The molecule has 1 atom stereocenters. The highest BCUT2D eigenvalue weighted by Gasteiger charge is 2.28. The van der Waals surface area contributed by atoms with Crippen LogP contribution in [0.5, 0.6) is 5.75 Å². The lowest BCUT2D eigenvalue weighted by Gasteiger charge is -2.35. The van der Waals surface area contributed by atoms with E-state index >= 15 is 0 Å². The number of nitrogens with zero attached hydrogens (tertiary/aromatic N) is 4. The first-order chi connectivity index (χ1) is 12.2. The Labute approximate surface area is 149 Å². The topological polar surface area (TPSA) is 50.7 Å². The molecule has 1 saturated heterocycles. The maximum atomic E-state index is 5.72. The highest BCUT2D eigenvalue weighted by atomic mass is 16.5. The molecule has 2 heterocycles. The second-order valence-corrected chi connectivity index (χ2v) is 6.16. The molecule has 134 valence electrons. The minimum Gasteiger partial charge on any atom is -0.496 e. The van der Waals surface area contributed by atoms with Crippen molar-refractivity contribution in [1.82, 2.24) is 14.9 Å². The zero-order chi connectivity index (χ0) is 17.6. The van der Waals surface area contributed by atoms with Gasteiger partial charge in [0.05, 0.1) is 26.4 Å². The van der Waals surface area contributed by atoms with Gasteiger partial charge in [-0.15, -0.1) is 0 Å². The van der Waals surface area contributed by atoms with Crippen molar-refractivity contribution in [3.05, 3.63) is 47.9 Å². The van der Waals surface area contributed by atoms with E-state index in [0.29, 0.717) is 6.61 Å². The summed E-state index contributed by atoms with van der Waals surface area (Å²) < 4.78 is 11.2. The number of benzene rings is 1. The van der Waals surface area contributed by atoms with E-state index in [1.165, 1.54) is 5.56 Å². The average Bonchev–Trinajstić information content (AvgIpc) is 2.68. The van der Waals surface area contributed by atoms with Gasteiger partial charge in [0.25, 0.3) is 0 Å². The van der Waals surface area contributed by atoms with E-state index in [0.717, 1.165) is 43.6 Å². The van der Waals surface area contributed by atoms with Crippen LogP contribution in [0.25, 0.3) is 0 Å². The zero-order valence-corrected chi connectivity index (χ0v) is 15.2. The van der Waals surface area contributed by atoms with Gasteiger partial charge in [0.15, 0.2) is 0 Å². The van der Waals surface area contributed by atoms with Crippen LogP contribution in [0.4, 0.5) is 5.82 Å². The molecule has 1 aliphatic heterocycles. The first-order valence-corrected chi connectivity index (χ1v) is 8.70. The van der Waals surface area contributed by atoms with Gasteiger partial charge in [-0.25, -0.2) is 9.97 Å². The predicted octanol–water partition coefficient (Wildman–Crippen LogP) is 2.51. The molecule has 0 unspecified atom stereocenters. The van der Waals surface area contributed by atoms with Crippen LogP contribution in [-0.4, -0.2) is 55.3 Å². The van der Waals surface area contributed by atoms with Crippen molar-refractivity contribution in [3.63, 3.8) is 0 Å². The molecule has 0 N–H and O–H groups in total. The van der Waals surface area contributed by atoms with E-state index in [1.54, 1.807) is 7.11 Å². The van der Waals surface area contributed by atoms with Crippen LogP contribution in [-0.2, 0) is 11.3 Å². The standard InChI is InChI=1S/C19H26N4O2/c1-4-22(2)18-9-10-20-19(21-18)16-14-25-12-11-23(16)13-15-7-5-6-8-17(15)24-3/h5-10,16H,4,11-14H2,1-3H3/t16-/m0/s1. The molecule has 1 aromatic carbocycles. The minimum atomic E-state index is 0.0452. The lowest BCUT2D eigenvalue weighted by molar-refractivity contribution is -0.0161. The molecule has 0 radical (unpaired) electrons. The smallest absolute Gasteiger partial charge is 0.150 e. The predicted molar refractivity (Wildman–Crippen MR) is 97.9 cm³/mol. The average molecular weight is 342 g/mol. The van der Waals surface area contributed by atoms with E-state index in [-0.39, 0.29) is 6.04 Å². The lowest BCUT2D eigenvalue weighted by Crippen LogP contribution is -2.40. The third-order valence-electron chi connectivity index (χ3n) is 4.63. The van der Waals surface area contributed by atoms with E-state index in [1.807, 2.05) is 37.5 Å². The Kier molecular flexibility index (Phi) is 5.83. The molecule has 0 spiro atoms. The number of rotatable bonds is 6. The Bertz CT molecular complexity index is 695. The molecule has 0 aliphatic carbocycles. The maximum absolute atomic E-state index is 5.72. The molecule has 0 saturated carbocycles. The highest BCUT2D eigenvalue weighted by Crippen LogP contribution is 2.27. The number of aromatic nitrogens is 2. The fourth-order valence-corrected chi connectivity index (χ4v) is 3.02. The van der Waals surface area contributed by atoms with Crippen LogP contribution >= 0.6 is 0 Å². The summed E-state index contributed by atoms with van der Waals surface area (Å²) in [4.78, 5) is 13.8. The van der Waals surface area contributed by atoms with Crippen molar-refractivity contribution in [2.75, 3.05) is 45.4 Å². The highest BCUT2D eigenvalue weighted by molar-refractivity contribution is 5.36. The quantitative estimate of drug-likeness (QED) is 0.804. The van der Waals surface area contributed by atoms with Crippen molar-refractivity contribution in [2.24, 2.45) is 0 Å². The summed E-state index contributed by atoms with van der Waals surface area (Å²) in [5.41, 5.74) is 1.17.